The van der Waals surface area contributed by atoms with Gasteiger partial charge < -0.3 is 4.90 Å². The molecule has 0 aromatic heterocycles. The zero-order valence-electron chi connectivity index (χ0n) is 10.2. The van der Waals surface area contributed by atoms with Crippen LogP contribution in [0.4, 0.5) is 0 Å². The number of piperidine rings is 1. The maximum absolute atomic E-state index is 2.80. The lowest BCUT2D eigenvalue weighted by molar-refractivity contribution is 0.0647. The Balaban J connectivity index is 1.70. The Labute approximate surface area is 93.6 Å². The average Bonchev–Trinajstić information content (AvgIpc) is 2.95. The van der Waals surface area contributed by atoms with Crippen LogP contribution in [0.15, 0.2) is 0 Å². The van der Waals surface area contributed by atoms with E-state index in [1.165, 1.54) is 51.9 Å². The van der Waals surface area contributed by atoms with E-state index >= 15 is 0 Å². The van der Waals surface area contributed by atoms with Crippen molar-refractivity contribution in [3.05, 3.63) is 0 Å². The average molecular weight is 208 g/mol. The van der Waals surface area contributed by atoms with Crippen LogP contribution in [0.2, 0.25) is 0 Å². The van der Waals surface area contributed by atoms with Crippen LogP contribution in [0.5, 0.6) is 0 Å². The largest absolute Gasteiger partial charge is 0.305 e. The molecule has 0 amide bonds. The summed E-state index contributed by atoms with van der Waals surface area (Å²) in [5, 5.41) is 0. The third-order valence-corrected chi connectivity index (χ3v) is 4.95. The lowest BCUT2D eigenvalue weighted by atomic mass is 9.76. The molecule has 3 fully saturated rings. The maximum Gasteiger partial charge on any atom is 0.0277 e. The molecule has 0 aromatic rings. The molecule has 86 valence electrons. The van der Waals surface area contributed by atoms with Gasteiger partial charge in [0.15, 0.2) is 0 Å². The minimum absolute atomic E-state index is 0.640. The van der Waals surface area contributed by atoms with Gasteiger partial charge in [0.05, 0.1) is 0 Å². The summed E-state index contributed by atoms with van der Waals surface area (Å²) in [4.78, 5) is 5.32. The minimum Gasteiger partial charge on any atom is -0.305 e. The number of hydrogen-bond donors (Lipinski definition) is 0. The predicted molar refractivity (Wildman–Crippen MR) is 62.9 cm³/mol. The normalized spacial score (nSPS) is 43.2. The molecule has 0 radical (unpaired) electrons. The quantitative estimate of drug-likeness (QED) is 0.683. The van der Waals surface area contributed by atoms with Gasteiger partial charge in [-0.25, -0.2) is 0 Å². The molecule has 1 saturated carbocycles. The van der Waals surface area contributed by atoms with Gasteiger partial charge in [0.2, 0.25) is 0 Å². The molecule has 0 spiro atoms. The Kier molecular flexibility index (Phi) is 2.33. The van der Waals surface area contributed by atoms with Crippen LogP contribution < -0.4 is 0 Å². The van der Waals surface area contributed by atoms with Crippen molar-refractivity contribution >= 4 is 0 Å². The third-order valence-electron chi connectivity index (χ3n) is 4.95. The van der Waals surface area contributed by atoms with Crippen LogP contribution in [-0.4, -0.2) is 49.1 Å². The van der Waals surface area contributed by atoms with Crippen LogP contribution in [0.3, 0.4) is 0 Å². The van der Waals surface area contributed by atoms with Gasteiger partial charge in [-0.2, -0.15) is 0 Å². The van der Waals surface area contributed by atoms with Crippen LogP contribution in [0.25, 0.3) is 0 Å². The molecule has 2 atom stereocenters. The fraction of sp³-hybridized carbons (Fsp3) is 1.00. The summed E-state index contributed by atoms with van der Waals surface area (Å²) in [5.41, 5.74) is 0.640. The Bertz CT molecular complexity index is 249. The SMILES string of the molecule is CN1CC[C@]2(C)CCN(CC3CC3)[C@@H]2C1. The van der Waals surface area contributed by atoms with E-state index in [2.05, 4.69) is 23.8 Å². The van der Waals surface area contributed by atoms with Crippen LogP contribution >= 0.6 is 0 Å². The Morgan fingerprint density at radius 1 is 1.20 bits per heavy atom. The highest BCUT2D eigenvalue weighted by Crippen LogP contribution is 2.44. The molecule has 0 N–H and O–H groups in total. The van der Waals surface area contributed by atoms with E-state index in [0.29, 0.717) is 5.41 Å². The fourth-order valence-electron chi connectivity index (χ4n) is 3.47. The van der Waals surface area contributed by atoms with Crippen molar-refractivity contribution in [3.8, 4) is 0 Å². The van der Waals surface area contributed by atoms with Crippen molar-refractivity contribution in [2.24, 2.45) is 11.3 Å². The second-order valence-corrected chi connectivity index (χ2v) is 6.37. The third kappa shape index (κ3) is 1.83. The van der Waals surface area contributed by atoms with Crippen LogP contribution in [-0.2, 0) is 0 Å². The molecule has 2 heteroatoms. The van der Waals surface area contributed by atoms with E-state index in [9.17, 15) is 0 Å². The van der Waals surface area contributed by atoms with Crippen molar-refractivity contribution in [3.63, 3.8) is 0 Å². The lowest BCUT2D eigenvalue weighted by Gasteiger charge is -2.43. The molecule has 0 bridgehead atoms. The molecule has 15 heavy (non-hydrogen) atoms. The Hall–Kier alpha value is -0.0800. The number of likely N-dealkylation sites (N-methyl/N-ethyl adjacent to an activating group) is 1. The fourth-order valence-corrected chi connectivity index (χ4v) is 3.47. The molecule has 3 aliphatic rings. The second-order valence-electron chi connectivity index (χ2n) is 6.37. The van der Waals surface area contributed by atoms with Gasteiger partial charge in [-0.1, -0.05) is 6.92 Å². The topological polar surface area (TPSA) is 6.48 Å². The van der Waals surface area contributed by atoms with Gasteiger partial charge in [-0.15, -0.1) is 0 Å². The van der Waals surface area contributed by atoms with E-state index in [-0.39, 0.29) is 0 Å². The summed E-state index contributed by atoms with van der Waals surface area (Å²) >= 11 is 0. The van der Waals surface area contributed by atoms with E-state index in [4.69, 9.17) is 0 Å². The first-order valence-corrected chi connectivity index (χ1v) is 6.60. The molecule has 1 aliphatic carbocycles. The van der Waals surface area contributed by atoms with Gasteiger partial charge in [-0.05, 0) is 57.2 Å². The minimum atomic E-state index is 0.640. The summed E-state index contributed by atoms with van der Waals surface area (Å²) in [5.74, 6) is 1.06. The second kappa shape index (κ2) is 3.46. The van der Waals surface area contributed by atoms with E-state index in [0.717, 1.165) is 12.0 Å². The number of hydrogen-bond acceptors (Lipinski definition) is 2. The van der Waals surface area contributed by atoms with Gasteiger partial charge in [-0.3, -0.25) is 4.90 Å². The Morgan fingerprint density at radius 3 is 2.67 bits per heavy atom. The van der Waals surface area contributed by atoms with Crippen molar-refractivity contribution < 1.29 is 0 Å². The molecule has 0 unspecified atom stereocenters. The van der Waals surface area contributed by atoms with Crippen molar-refractivity contribution in [1.29, 1.82) is 0 Å². The molecule has 2 aliphatic heterocycles. The summed E-state index contributed by atoms with van der Waals surface area (Å²) < 4.78 is 0. The number of likely N-dealkylation sites (tertiary alicyclic amines) is 2. The summed E-state index contributed by atoms with van der Waals surface area (Å²) in [6, 6.07) is 0.858. The van der Waals surface area contributed by atoms with E-state index in [1.54, 1.807) is 0 Å². The first-order chi connectivity index (χ1) is 7.17. The molecular formula is C13H24N2. The molecule has 2 nitrogen and oxygen atoms in total. The van der Waals surface area contributed by atoms with Gasteiger partial charge in [0.1, 0.15) is 0 Å². The molecule has 0 aromatic carbocycles. The Morgan fingerprint density at radius 2 is 1.93 bits per heavy atom. The highest BCUT2D eigenvalue weighted by molar-refractivity contribution is 5.01. The molecule has 2 saturated heterocycles. The summed E-state index contributed by atoms with van der Waals surface area (Å²) in [6.07, 6.45) is 5.85. The molecule has 3 rings (SSSR count). The van der Waals surface area contributed by atoms with Crippen LogP contribution in [0, 0.1) is 11.3 Å². The first kappa shape index (κ1) is 10.1. The lowest BCUT2D eigenvalue weighted by Crippen LogP contribution is -2.51. The monoisotopic (exact) mass is 208 g/mol. The number of fused-ring (bicyclic) bond motifs is 1. The van der Waals surface area contributed by atoms with Crippen LogP contribution in [0.1, 0.15) is 32.6 Å². The highest BCUT2D eigenvalue weighted by atomic mass is 15.3. The van der Waals surface area contributed by atoms with E-state index in [1.807, 2.05) is 0 Å². The molecular weight excluding hydrogens is 184 g/mol. The van der Waals surface area contributed by atoms with Crippen molar-refractivity contribution in [2.45, 2.75) is 38.6 Å². The first-order valence-electron chi connectivity index (χ1n) is 6.60. The van der Waals surface area contributed by atoms with Gasteiger partial charge >= 0.3 is 0 Å². The summed E-state index contributed by atoms with van der Waals surface area (Å²) in [6.45, 7) is 7.91. The zero-order chi connectivity index (χ0) is 10.5. The standard InChI is InChI=1S/C13H24N2/c1-13-5-7-14(2)10-12(13)15(8-6-13)9-11-3-4-11/h11-12H,3-10H2,1-2H3/t12-,13-/m1/s1. The van der Waals surface area contributed by atoms with Gasteiger partial charge in [0.25, 0.3) is 0 Å². The van der Waals surface area contributed by atoms with E-state index < -0.39 is 0 Å². The highest BCUT2D eigenvalue weighted by Gasteiger charge is 2.47. The van der Waals surface area contributed by atoms with Crippen molar-refractivity contribution in [1.82, 2.24) is 9.80 Å². The maximum atomic E-state index is 2.80. The summed E-state index contributed by atoms with van der Waals surface area (Å²) in [7, 11) is 2.28. The van der Waals surface area contributed by atoms with Crippen molar-refractivity contribution in [2.75, 3.05) is 33.2 Å². The predicted octanol–water partition coefficient (Wildman–Crippen LogP) is 1.81. The smallest absolute Gasteiger partial charge is 0.0277 e. The number of nitrogens with zero attached hydrogens (tertiary/aromatic N) is 2. The molecule has 2 heterocycles. The number of rotatable bonds is 2. The van der Waals surface area contributed by atoms with Gasteiger partial charge in [0, 0.05) is 19.1 Å². The zero-order valence-corrected chi connectivity index (χ0v) is 10.2.